The predicted molar refractivity (Wildman–Crippen MR) is 110 cm³/mol. The van der Waals surface area contributed by atoms with Crippen LogP contribution in [0.5, 0.6) is 0 Å². The molecule has 1 aromatic heterocycles. The predicted octanol–water partition coefficient (Wildman–Crippen LogP) is 2.18. The molecule has 0 radical (unpaired) electrons. The van der Waals surface area contributed by atoms with E-state index in [0.29, 0.717) is 34.9 Å². The number of hydrogen-bond donors (Lipinski definition) is 2. The molecule has 150 valence electrons. The second-order valence-electron chi connectivity index (χ2n) is 7.43. The molecule has 0 aliphatic carbocycles. The fourth-order valence-corrected chi connectivity index (χ4v) is 5.10. The van der Waals surface area contributed by atoms with Gasteiger partial charge in [-0.3, -0.25) is 19.4 Å². The Balaban J connectivity index is 1.47. The standard InChI is InChI=1S/C20H32N4O2S/c1-3-23-11-5-7-15(23)13-21-19(25)17-9-10-18(27-17)20(26)22-14-16-8-6-12-24(16)4-2/h9-10,15-16H,3-8,11-14H2,1-2H3,(H,21,25)(H,22,26). The normalized spacial score (nSPS) is 23.6. The highest BCUT2D eigenvalue weighted by molar-refractivity contribution is 7.15. The van der Waals surface area contributed by atoms with Gasteiger partial charge in [-0.05, 0) is 64.0 Å². The lowest BCUT2D eigenvalue weighted by molar-refractivity contribution is 0.0939. The highest BCUT2D eigenvalue weighted by Gasteiger charge is 2.25. The molecule has 0 bridgehead atoms. The van der Waals surface area contributed by atoms with Crippen LogP contribution in [0.1, 0.15) is 58.9 Å². The third-order valence-electron chi connectivity index (χ3n) is 5.86. The second-order valence-corrected chi connectivity index (χ2v) is 8.52. The van der Waals surface area contributed by atoms with Crippen molar-refractivity contribution in [1.82, 2.24) is 20.4 Å². The molecular formula is C20H32N4O2S. The first-order valence-electron chi connectivity index (χ1n) is 10.3. The van der Waals surface area contributed by atoms with Gasteiger partial charge in [0.1, 0.15) is 0 Å². The Morgan fingerprint density at radius 1 is 0.926 bits per heavy atom. The van der Waals surface area contributed by atoms with E-state index in [2.05, 4.69) is 34.3 Å². The number of amides is 2. The van der Waals surface area contributed by atoms with E-state index in [1.165, 1.54) is 24.2 Å². The zero-order valence-electron chi connectivity index (χ0n) is 16.5. The Bertz CT molecular complexity index is 595. The summed E-state index contributed by atoms with van der Waals surface area (Å²) in [5, 5.41) is 6.08. The van der Waals surface area contributed by atoms with Gasteiger partial charge < -0.3 is 10.6 Å². The maximum absolute atomic E-state index is 12.4. The average Bonchev–Trinajstić information content (AvgIpc) is 3.43. The van der Waals surface area contributed by atoms with Crippen molar-refractivity contribution >= 4 is 23.2 Å². The van der Waals surface area contributed by atoms with E-state index in [9.17, 15) is 9.59 Å². The summed E-state index contributed by atoms with van der Waals surface area (Å²) >= 11 is 1.28. The molecule has 27 heavy (non-hydrogen) atoms. The van der Waals surface area contributed by atoms with Crippen molar-refractivity contribution in [3.05, 3.63) is 21.9 Å². The minimum atomic E-state index is -0.0741. The summed E-state index contributed by atoms with van der Waals surface area (Å²) in [7, 11) is 0. The Morgan fingerprint density at radius 2 is 1.37 bits per heavy atom. The smallest absolute Gasteiger partial charge is 0.261 e. The van der Waals surface area contributed by atoms with Gasteiger partial charge in [-0.2, -0.15) is 0 Å². The number of hydrogen-bond acceptors (Lipinski definition) is 5. The van der Waals surface area contributed by atoms with Crippen LogP contribution in [-0.4, -0.2) is 73.0 Å². The Morgan fingerprint density at radius 3 is 1.78 bits per heavy atom. The molecule has 3 rings (SSSR count). The highest BCUT2D eigenvalue weighted by atomic mass is 32.1. The lowest BCUT2D eigenvalue weighted by Crippen LogP contribution is -2.40. The minimum Gasteiger partial charge on any atom is -0.350 e. The number of rotatable bonds is 8. The van der Waals surface area contributed by atoms with Crippen molar-refractivity contribution in [3.8, 4) is 0 Å². The molecule has 0 aromatic carbocycles. The molecule has 2 amide bonds. The van der Waals surface area contributed by atoms with Crippen molar-refractivity contribution < 1.29 is 9.59 Å². The zero-order chi connectivity index (χ0) is 19.2. The third-order valence-corrected chi connectivity index (χ3v) is 6.94. The van der Waals surface area contributed by atoms with Crippen LogP contribution in [0.25, 0.3) is 0 Å². The van der Waals surface area contributed by atoms with Gasteiger partial charge in [0.05, 0.1) is 9.75 Å². The Labute approximate surface area is 166 Å². The molecule has 1 aromatic rings. The van der Waals surface area contributed by atoms with Crippen LogP contribution in [0, 0.1) is 0 Å². The van der Waals surface area contributed by atoms with Crippen LogP contribution in [0.2, 0.25) is 0 Å². The summed E-state index contributed by atoms with van der Waals surface area (Å²) in [4.78, 5) is 30.9. The van der Waals surface area contributed by atoms with Crippen LogP contribution in [-0.2, 0) is 0 Å². The molecule has 2 fully saturated rings. The van der Waals surface area contributed by atoms with E-state index in [0.717, 1.165) is 39.0 Å². The van der Waals surface area contributed by atoms with Crippen LogP contribution >= 0.6 is 11.3 Å². The molecule has 2 unspecified atom stereocenters. The van der Waals surface area contributed by atoms with E-state index in [4.69, 9.17) is 0 Å². The van der Waals surface area contributed by atoms with Crippen molar-refractivity contribution in [2.75, 3.05) is 39.3 Å². The molecule has 0 spiro atoms. The Kier molecular flexibility index (Phi) is 7.26. The number of nitrogens with zero attached hydrogens (tertiary/aromatic N) is 2. The first-order valence-corrected chi connectivity index (χ1v) is 11.1. The molecule has 2 saturated heterocycles. The summed E-state index contributed by atoms with van der Waals surface area (Å²) in [6.07, 6.45) is 4.69. The number of likely N-dealkylation sites (N-methyl/N-ethyl adjacent to an activating group) is 2. The van der Waals surface area contributed by atoms with Gasteiger partial charge in [0.2, 0.25) is 0 Å². The van der Waals surface area contributed by atoms with Crippen LogP contribution in [0.15, 0.2) is 12.1 Å². The number of nitrogens with one attached hydrogen (secondary N) is 2. The topological polar surface area (TPSA) is 64.7 Å². The van der Waals surface area contributed by atoms with Crippen molar-refractivity contribution in [3.63, 3.8) is 0 Å². The fraction of sp³-hybridized carbons (Fsp3) is 0.700. The zero-order valence-corrected chi connectivity index (χ0v) is 17.3. The summed E-state index contributed by atoms with van der Waals surface area (Å²) in [6, 6.07) is 4.40. The van der Waals surface area contributed by atoms with E-state index in [1.54, 1.807) is 12.1 Å². The van der Waals surface area contributed by atoms with Crippen molar-refractivity contribution in [2.45, 2.75) is 51.6 Å². The molecule has 6 nitrogen and oxygen atoms in total. The third kappa shape index (κ3) is 5.09. The molecule has 0 saturated carbocycles. The monoisotopic (exact) mass is 392 g/mol. The minimum absolute atomic E-state index is 0.0741. The maximum atomic E-state index is 12.4. The van der Waals surface area contributed by atoms with E-state index >= 15 is 0 Å². The largest absolute Gasteiger partial charge is 0.350 e. The number of carbonyl (C=O) groups is 2. The maximum Gasteiger partial charge on any atom is 0.261 e. The lowest BCUT2D eigenvalue weighted by Gasteiger charge is -2.22. The van der Waals surface area contributed by atoms with Gasteiger partial charge in [-0.1, -0.05) is 13.8 Å². The first kappa shape index (κ1) is 20.3. The van der Waals surface area contributed by atoms with Gasteiger partial charge in [0.15, 0.2) is 0 Å². The van der Waals surface area contributed by atoms with Gasteiger partial charge in [-0.15, -0.1) is 11.3 Å². The van der Waals surface area contributed by atoms with Crippen LogP contribution in [0.4, 0.5) is 0 Å². The van der Waals surface area contributed by atoms with Crippen molar-refractivity contribution in [1.29, 1.82) is 0 Å². The highest BCUT2D eigenvalue weighted by Crippen LogP contribution is 2.19. The molecule has 3 heterocycles. The SMILES string of the molecule is CCN1CCCC1CNC(=O)c1ccc(C(=O)NCC2CCCN2CC)s1. The van der Waals surface area contributed by atoms with E-state index in [1.807, 2.05) is 0 Å². The number of carbonyl (C=O) groups excluding carboxylic acids is 2. The first-order chi connectivity index (χ1) is 13.1. The molecule has 7 heteroatoms. The van der Waals surface area contributed by atoms with E-state index in [-0.39, 0.29) is 11.8 Å². The summed E-state index contributed by atoms with van der Waals surface area (Å²) in [5.74, 6) is -0.148. The van der Waals surface area contributed by atoms with E-state index < -0.39 is 0 Å². The van der Waals surface area contributed by atoms with Crippen molar-refractivity contribution in [2.24, 2.45) is 0 Å². The second kappa shape index (κ2) is 9.66. The summed E-state index contributed by atoms with van der Waals surface area (Å²) in [5.41, 5.74) is 0. The summed E-state index contributed by atoms with van der Waals surface area (Å²) < 4.78 is 0. The van der Waals surface area contributed by atoms with Gasteiger partial charge in [0.25, 0.3) is 11.8 Å². The summed E-state index contributed by atoms with van der Waals surface area (Å²) in [6.45, 7) is 9.99. The molecule has 2 N–H and O–H groups in total. The van der Waals surface area contributed by atoms with Gasteiger partial charge >= 0.3 is 0 Å². The fourth-order valence-electron chi connectivity index (χ4n) is 4.26. The quantitative estimate of drug-likeness (QED) is 0.712. The van der Waals surface area contributed by atoms with Gasteiger partial charge in [0, 0.05) is 25.2 Å². The van der Waals surface area contributed by atoms with Crippen LogP contribution < -0.4 is 10.6 Å². The molecule has 2 aliphatic rings. The average molecular weight is 393 g/mol. The number of likely N-dealkylation sites (tertiary alicyclic amines) is 2. The molecular weight excluding hydrogens is 360 g/mol. The lowest BCUT2D eigenvalue weighted by atomic mass is 10.2. The number of thiophene rings is 1. The Hall–Kier alpha value is -1.44. The van der Waals surface area contributed by atoms with Crippen LogP contribution in [0.3, 0.4) is 0 Å². The molecule has 2 atom stereocenters. The molecule has 2 aliphatic heterocycles. The van der Waals surface area contributed by atoms with Gasteiger partial charge in [-0.25, -0.2) is 0 Å².